The molecule has 106 valence electrons. The van der Waals surface area contributed by atoms with Gasteiger partial charge in [0, 0.05) is 12.4 Å². The number of H-pyrrole nitrogens is 1. The molecular weight excluding hydrogens is 282 g/mol. The van der Waals surface area contributed by atoms with E-state index < -0.39 is 22.0 Å². The molecular formula is C12H13N3O4S. The third kappa shape index (κ3) is 3.03. The highest BCUT2D eigenvalue weighted by Gasteiger charge is 2.20. The topological polar surface area (TPSA) is 112 Å². The number of sulfonamides is 1. The Kier molecular flexibility index (Phi) is 3.86. The third-order valence-electron chi connectivity index (χ3n) is 2.65. The summed E-state index contributed by atoms with van der Waals surface area (Å²) in [7, 11) is -3.81. The predicted octanol–water partition coefficient (Wildman–Crippen LogP) is 1.15. The summed E-state index contributed by atoms with van der Waals surface area (Å²) in [6.45, 7) is 1.64. The van der Waals surface area contributed by atoms with Gasteiger partial charge in [0.1, 0.15) is 5.82 Å². The highest BCUT2D eigenvalue weighted by Crippen LogP contribution is 2.15. The summed E-state index contributed by atoms with van der Waals surface area (Å²) in [6, 6.07) is 4.61. The number of imidazole rings is 1. The minimum atomic E-state index is -3.81. The van der Waals surface area contributed by atoms with Crippen molar-refractivity contribution < 1.29 is 18.3 Å². The number of hydrogen-bond acceptors (Lipinski definition) is 4. The van der Waals surface area contributed by atoms with Crippen LogP contribution in [0.3, 0.4) is 0 Å². The van der Waals surface area contributed by atoms with Crippen molar-refractivity contribution in [2.75, 3.05) is 0 Å². The SMILES string of the molecule is CC(NS(=O)(=O)c1cccc(C(=O)O)c1)c1ncc[nH]1. The Morgan fingerprint density at radius 2 is 2.20 bits per heavy atom. The number of aromatic nitrogens is 2. The van der Waals surface area contributed by atoms with E-state index in [1.54, 1.807) is 13.1 Å². The predicted molar refractivity (Wildman–Crippen MR) is 70.7 cm³/mol. The second-order valence-electron chi connectivity index (χ2n) is 4.15. The molecule has 0 saturated heterocycles. The lowest BCUT2D eigenvalue weighted by atomic mass is 10.2. The van der Waals surface area contributed by atoms with Gasteiger partial charge in [-0.1, -0.05) is 6.07 Å². The van der Waals surface area contributed by atoms with E-state index in [0.717, 1.165) is 6.07 Å². The number of nitrogens with one attached hydrogen (secondary N) is 2. The minimum absolute atomic E-state index is 0.0847. The summed E-state index contributed by atoms with van der Waals surface area (Å²) < 4.78 is 26.8. The van der Waals surface area contributed by atoms with Gasteiger partial charge in [-0.25, -0.2) is 22.9 Å². The number of hydrogen-bond donors (Lipinski definition) is 3. The molecule has 7 nitrogen and oxygen atoms in total. The van der Waals surface area contributed by atoms with Crippen LogP contribution in [0, 0.1) is 0 Å². The average Bonchev–Trinajstić information content (AvgIpc) is 2.92. The number of carboxylic acid groups (broad SMARTS) is 1. The van der Waals surface area contributed by atoms with E-state index in [1.807, 2.05) is 0 Å². The van der Waals surface area contributed by atoms with Crippen molar-refractivity contribution in [2.45, 2.75) is 17.9 Å². The molecule has 0 spiro atoms. The zero-order valence-electron chi connectivity index (χ0n) is 10.6. The number of aromatic carboxylic acids is 1. The summed E-state index contributed by atoms with van der Waals surface area (Å²) >= 11 is 0. The van der Waals surface area contributed by atoms with Gasteiger partial charge in [-0.15, -0.1) is 0 Å². The standard InChI is InChI=1S/C12H13N3O4S/c1-8(11-13-5-6-14-11)15-20(18,19)10-4-2-3-9(7-10)12(16)17/h2-8,15H,1H3,(H,13,14)(H,16,17). The number of carbonyl (C=O) groups is 1. The number of nitrogens with zero attached hydrogens (tertiary/aromatic N) is 1. The first-order valence-corrected chi connectivity index (χ1v) is 7.23. The molecule has 0 aliphatic rings. The molecule has 1 aromatic carbocycles. The van der Waals surface area contributed by atoms with E-state index in [4.69, 9.17) is 5.11 Å². The van der Waals surface area contributed by atoms with E-state index in [9.17, 15) is 13.2 Å². The molecule has 0 aliphatic carbocycles. The van der Waals surface area contributed by atoms with Crippen LogP contribution in [0.25, 0.3) is 0 Å². The first kappa shape index (κ1) is 14.2. The smallest absolute Gasteiger partial charge is 0.335 e. The Morgan fingerprint density at radius 1 is 1.45 bits per heavy atom. The monoisotopic (exact) mass is 295 g/mol. The molecule has 0 radical (unpaired) electrons. The Morgan fingerprint density at radius 3 is 2.80 bits per heavy atom. The number of aromatic amines is 1. The number of rotatable bonds is 5. The van der Waals surface area contributed by atoms with Crippen LogP contribution in [0.4, 0.5) is 0 Å². The normalized spacial score (nSPS) is 13.1. The maximum atomic E-state index is 12.2. The summed E-state index contributed by atoms with van der Waals surface area (Å²) in [6.07, 6.45) is 3.11. The molecule has 8 heteroatoms. The van der Waals surface area contributed by atoms with E-state index in [1.165, 1.54) is 24.4 Å². The highest BCUT2D eigenvalue weighted by molar-refractivity contribution is 7.89. The van der Waals surface area contributed by atoms with Gasteiger partial charge in [0.25, 0.3) is 0 Å². The first-order valence-electron chi connectivity index (χ1n) is 5.75. The lowest BCUT2D eigenvalue weighted by molar-refractivity contribution is 0.0696. The van der Waals surface area contributed by atoms with Gasteiger partial charge in [-0.2, -0.15) is 0 Å². The van der Waals surface area contributed by atoms with Gasteiger partial charge in [0.05, 0.1) is 16.5 Å². The van der Waals surface area contributed by atoms with Gasteiger partial charge < -0.3 is 10.1 Å². The molecule has 1 unspecified atom stereocenters. The van der Waals surface area contributed by atoms with Crippen molar-refractivity contribution in [1.82, 2.24) is 14.7 Å². The highest BCUT2D eigenvalue weighted by atomic mass is 32.2. The fraction of sp³-hybridized carbons (Fsp3) is 0.167. The Balaban J connectivity index is 2.26. The molecule has 2 rings (SSSR count). The Hall–Kier alpha value is -2.19. The zero-order chi connectivity index (χ0) is 14.8. The fourth-order valence-corrected chi connectivity index (χ4v) is 2.92. The first-order chi connectivity index (χ1) is 9.40. The maximum Gasteiger partial charge on any atom is 0.335 e. The van der Waals surface area contributed by atoms with Gasteiger partial charge >= 0.3 is 5.97 Å². The second-order valence-corrected chi connectivity index (χ2v) is 5.86. The van der Waals surface area contributed by atoms with E-state index in [-0.39, 0.29) is 10.5 Å². The van der Waals surface area contributed by atoms with Crippen molar-refractivity contribution >= 4 is 16.0 Å². The molecule has 2 aromatic rings. The third-order valence-corrected chi connectivity index (χ3v) is 4.19. The molecule has 1 atom stereocenters. The number of benzene rings is 1. The van der Waals surface area contributed by atoms with Crippen molar-refractivity contribution in [3.63, 3.8) is 0 Å². The van der Waals surface area contributed by atoms with Crippen LogP contribution in [0.2, 0.25) is 0 Å². The van der Waals surface area contributed by atoms with Crippen LogP contribution in [0.5, 0.6) is 0 Å². The summed E-state index contributed by atoms with van der Waals surface area (Å²) in [4.78, 5) is 17.5. The van der Waals surface area contributed by atoms with Gasteiger partial charge in [0.2, 0.25) is 10.0 Å². The van der Waals surface area contributed by atoms with E-state index in [0.29, 0.717) is 5.82 Å². The van der Waals surface area contributed by atoms with Gasteiger partial charge in [-0.05, 0) is 25.1 Å². The second kappa shape index (κ2) is 5.43. The summed E-state index contributed by atoms with van der Waals surface area (Å²) in [5, 5.41) is 8.88. The van der Waals surface area contributed by atoms with Crippen LogP contribution in [-0.4, -0.2) is 29.5 Å². The Labute approximate surface area is 115 Å². The van der Waals surface area contributed by atoms with Crippen LogP contribution >= 0.6 is 0 Å². The van der Waals surface area contributed by atoms with Crippen molar-refractivity contribution in [3.8, 4) is 0 Å². The lowest BCUT2D eigenvalue weighted by Crippen LogP contribution is -2.27. The van der Waals surface area contributed by atoms with Crippen molar-refractivity contribution in [2.24, 2.45) is 0 Å². The molecule has 0 fully saturated rings. The fourth-order valence-electron chi connectivity index (χ4n) is 1.67. The van der Waals surface area contributed by atoms with Crippen molar-refractivity contribution in [3.05, 3.63) is 48.0 Å². The lowest BCUT2D eigenvalue weighted by Gasteiger charge is -2.12. The molecule has 1 aromatic heterocycles. The molecule has 20 heavy (non-hydrogen) atoms. The van der Waals surface area contributed by atoms with Gasteiger partial charge in [-0.3, -0.25) is 0 Å². The van der Waals surface area contributed by atoms with Crippen LogP contribution in [-0.2, 0) is 10.0 Å². The van der Waals surface area contributed by atoms with Crippen LogP contribution in [0.1, 0.15) is 29.1 Å². The molecule has 3 N–H and O–H groups in total. The number of carboxylic acids is 1. The van der Waals surface area contributed by atoms with Crippen LogP contribution < -0.4 is 4.72 Å². The largest absolute Gasteiger partial charge is 0.478 e. The molecule has 0 bridgehead atoms. The summed E-state index contributed by atoms with van der Waals surface area (Å²) in [5.41, 5.74) is -0.0847. The van der Waals surface area contributed by atoms with E-state index >= 15 is 0 Å². The van der Waals surface area contributed by atoms with Crippen LogP contribution in [0.15, 0.2) is 41.6 Å². The average molecular weight is 295 g/mol. The molecule has 0 amide bonds. The molecule has 0 saturated carbocycles. The Bertz CT molecular complexity index is 710. The molecule has 1 heterocycles. The maximum absolute atomic E-state index is 12.2. The quantitative estimate of drug-likeness (QED) is 0.766. The minimum Gasteiger partial charge on any atom is -0.478 e. The van der Waals surface area contributed by atoms with Crippen molar-refractivity contribution in [1.29, 1.82) is 0 Å². The summed E-state index contributed by atoms with van der Waals surface area (Å²) in [5.74, 6) is -0.705. The zero-order valence-corrected chi connectivity index (χ0v) is 11.4. The van der Waals surface area contributed by atoms with E-state index in [2.05, 4.69) is 14.7 Å². The van der Waals surface area contributed by atoms with Gasteiger partial charge in [0.15, 0.2) is 0 Å². The molecule has 0 aliphatic heterocycles.